The number of hydrogen-bond acceptors (Lipinski definition) is 4. The van der Waals surface area contributed by atoms with Crippen molar-refractivity contribution in [2.75, 3.05) is 0 Å². The van der Waals surface area contributed by atoms with Gasteiger partial charge in [0.05, 0.1) is 9.61 Å². The number of nitrogens with zero attached hydrogens (tertiary/aromatic N) is 1. The van der Waals surface area contributed by atoms with Crippen LogP contribution in [0, 0.1) is 20.8 Å². The molecule has 1 aromatic carbocycles. The molecule has 0 fully saturated rings. The fraction of sp³-hybridized carbons (Fsp3) is 0.450. The van der Waals surface area contributed by atoms with Gasteiger partial charge >= 0.3 is 0 Å². The predicted octanol–water partition coefficient (Wildman–Crippen LogP) is 5.69. The highest BCUT2D eigenvalue weighted by Gasteiger charge is 2.30. The SMILES string of the molecule is Cc1cc(C)c([C@@H](O)[C@H](Sc2ccccn2)SC(C)(C)C)c(C)c1. The number of rotatable bonds is 5. The van der Waals surface area contributed by atoms with E-state index in [1.54, 1.807) is 29.7 Å². The number of aliphatic hydroxyl groups excluding tert-OH is 1. The maximum atomic E-state index is 11.2. The van der Waals surface area contributed by atoms with Gasteiger partial charge in [0.1, 0.15) is 6.10 Å². The molecule has 0 bridgehead atoms. The summed E-state index contributed by atoms with van der Waals surface area (Å²) in [5.41, 5.74) is 4.59. The summed E-state index contributed by atoms with van der Waals surface area (Å²) in [5, 5.41) is 12.1. The molecule has 2 rings (SSSR count). The Morgan fingerprint density at radius 1 is 1.04 bits per heavy atom. The van der Waals surface area contributed by atoms with Crippen molar-refractivity contribution in [1.29, 1.82) is 0 Å². The molecule has 1 heterocycles. The third-order valence-corrected chi connectivity index (χ3v) is 6.38. The van der Waals surface area contributed by atoms with Crippen LogP contribution in [0.2, 0.25) is 0 Å². The van der Waals surface area contributed by atoms with E-state index in [-0.39, 0.29) is 9.33 Å². The molecule has 4 heteroatoms. The van der Waals surface area contributed by atoms with Gasteiger partial charge in [0, 0.05) is 10.9 Å². The Kier molecular flexibility index (Phi) is 6.40. The molecule has 0 spiro atoms. The Morgan fingerprint density at radius 2 is 1.67 bits per heavy atom. The summed E-state index contributed by atoms with van der Waals surface area (Å²) in [6.07, 6.45) is 1.26. The van der Waals surface area contributed by atoms with Crippen molar-refractivity contribution in [3.8, 4) is 0 Å². The van der Waals surface area contributed by atoms with Crippen molar-refractivity contribution in [2.24, 2.45) is 0 Å². The van der Waals surface area contributed by atoms with Gasteiger partial charge in [-0.25, -0.2) is 4.98 Å². The quantitative estimate of drug-likeness (QED) is 0.548. The second-order valence-corrected chi connectivity index (χ2v) is 10.6. The smallest absolute Gasteiger partial charge is 0.101 e. The molecule has 0 aliphatic carbocycles. The van der Waals surface area contributed by atoms with E-state index >= 15 is 0 Å². The summed E-state index contributed by atoms with van der Waals surface area (Å²) in [4.78, 5) is 4.42. The van der Waals surface area contributed by atoms with Crippen LogP contribution in [0.3, 0.4) is 0 Å². The Morgan fingerprint density at radius 3 is 2.17 bits per heavy atom. The minimum Gasteiger partial charge on any atom is -0.386 e. The minimum atomic E-state index is -0.540. The normalized spacial score (nSPS) is 14.5. The Hall–Kier alpha value is -0.970. The topological polar surface area (TPSA) is 33.1 Å². The maximum Gasteiger partial charge on any atom is 0.101 e. The zero-order valence-corrected chi connectivity index (χ0v) is 17.0. The van der Waals surface area contributed by atoms with Crippen LogP contribution in [0.4, 0.5) is 0 Å². The van der Waals surface area contributed by atoms with Crippen molar-refractivity contribution in [3.63, 3.8) is 0 Å². The lowest BCUT2D eigenvalue weighted by atomic mass is 9.96. The van der Waals surface area contributed by atoms with Crippen LogP contribution in [-0.4, -0.2) is 19.4 Å². The third kappa shape index (κ3) is 5.27. The van der Waals surface area contributed by atoms with Gasteiger partial charge in [0.15, 0.2) is 0 Å². The van der Waals surface area contributed by atoms with E-state index in [1.165, 1.54) is 5.56 Å². The zero-order valence-electron chi connectivity index (χ0n) is 15.3. The predicted molar refractivity (Wildman–Crippen MR) is 107 cm³/mol. The molecular formula is C20H27NOS2. The molecule has 0 radical (unpaired) electrons. The van der Waals surface area contributed by atoms with Crippen LogP contribution in [0.15, 0.2) is 41.6 Å². The van der Waals surface area contributed by atoms with E-state index in [1.807, 2.05) is 18.2 Å². The molecule has 0 amide bonds. The fourth-order valence-electron chi connectivity index (χ4n) is 2.83. The lowest BCUT2D eigenvalue weighted by Crippen LogP contribution is -2.21. The zero-order chi connectivity index (χ0) is 17.9. The first-order valence-electron chi connectivity index (χ1n) is 8.19. The second kappa shape index (κ2) is 7.94. The molecule has 130 valence electrons. The monoisotopic (exact) mass is 361 g/mol. The molecule has 0 unspecified atom stereocenters. The summed E-state index contributed by atoms with van der Waals surface area (Å²) >= 11 is 3.44. The summed E-state index contributed by atoms with van der Waals surface area (Å²) in [5.74, 6) is 0. The molecule has 0 aliphatic heterocycles. The molecule has 0 saturated carbocycles. The summed E-state index contributed by atoms with van der Waals surface area (Å²) in [7, 11) is 0. The van der Waals surface area contributed by atoms with E-state index in [0.717, 1.165) is 21.7 Å². The van der Waals surface area contributed by atoms with Gasteiger partial charge in [0.2, 0.25) is 0 Å². The lowest BCUT2D eigenvalue weighted by molar-refractivity contribution is 0.194. The van der Waals surface area contributed by atoms with Crippen LogP contribution >= 0.6 is 23.5 Å². The number of benzene rings is 1. The van der Waals surface area contributed by atoms with E-state index in [2.05, 4.69) is 58.7 Å². The van der Waals surface area contributed by atoms with E-state index in [4.69, 9.17) is 0 Å². The van der Waals surface area contributed by atoms with Crippen molar-refractivity contribution in [3.05, 3.63) is 58.8 Å². The fourth-order valence-corrected chi connectivity index (χ4v) is 5.93. The standard InChI is InChI=1S/C20H27NOS2/c1-13-11-14(2)17(15(3)12-13)18(22)19(24-20(4,5)6)23-16-9-7-8-10-21-16/h7-12,18-19,22H,1-6H3/t18-,19-/m1/s1. The average molecular weight is 362 g/mol. The first-order valence-corrected chi connectivity index (χ1v) is 9.94. The first kappa shape index (κ1) is 19.4. The van der Waals surface area contributed by atoms with Crippen LogP contribution in [0.25, 0.3) is 0 Å². The van der Waals surface area contributed by atoms with Gasteiger partial charge in [-0.2, -0.15) is 0 Å². The maximum absolute atomic E-state index is 11.2. The largest absolute Gasteiger partial charge is 0.386 e. The summed E-state index contributed by atoms with van der Waals surface area (Å²) in [6, 6.07) is 10.2. The average Bonchev–Trinajstić information content (AvgIpc) is 2.45. The highest BCUT2D eigenvalue weighted by atomic mass is 32.2. The number of thioether (sulfide) groups is 2. The molecule has 1 aromatic heterocycles. The van der Waals surface area contributed by atoms with Crippen molar-refractivity contribution >= 4 is 23.5 Å². The van der Waals surface area contributed by atoms with Gasteiger partial charge in [-0.3, -0.25) is 0 Å². The Labute approximate surface area is 154 Å². The van der Waals surface area contributed by atoms with Gasteiger partial charge in [0.25, 0.3) is 0 Å². The van der Waals surface area contributed by atoms with Crippen molar-refractivity contribution in [1.82, 2.24) is 4.98 Å². The van der Waals surface area contributed by atoms with Gasteiger partial charge < -0.3 is 5.11 Å². The molecular weight excluding hydrogens is 334 g/mol. The number of aryl methyl sites for hydroxylation is 3. The Bertz CT molecular complexity index is 657. The van der Waals surface area contributed by atoms with Gasteiger partial charge in [-0.1, -0.05) is 56.3 Å². The van der Waals surface area contributed by atoms with E-state index in [9.17, 15) is 5.11 Å². The number of aromatic nitrogens is 1. The summed E-state index contributed by atoms with van der Waals surface area (Å²) in [6.45, 7) is 12.8. The number of aliphatic hydroxyl groups is 1. The molecule has 2 atom stereocenters. The highest BCUT2D eigenvalue weighted by Crippen LogP contribution is 2.45. The molecule has 2 aromatic rings. The van der Waals surface area contributed by atoms with Gasteiger partial charge in [-0.05, 0) is 49.6 Å². The molecule has 1 N–H and O–H groups in total. The van der Waals surface area contributed by atoms with Crippen LogP contribution < -0.4 is 0 Å². The number of hydrogen-bond donors (Lipinski definition) is 1. The minimum absolute atomic E-state index is 0.0139. The molecule has 0 saturated heterocycles. The highest BCUT2D eigenvalue weighted by molar-refractivity contribution is 8.17. The van der Waals surface area contributed by atoms with E-state index < -0.39 is 6.10 Å². The van der Waals surface area contributed by atoms with Crippen LogP contribution in [-0.2, 0) is 0 Å². The van der Waals surface area contributed by atoms with Crippen LogP contribution in [0.1, 0.15) is 49.1 Å². The van der Waals surface area contributed by atoms with Crippen molar-refractivity contribution < 1.29 is 5.11 Å². The molecule has 2 nitrogen and oxygen atoms in total. The lowest BCUT2D eigenvalue weighted by Gasteiger charge is -2.30. The molecule has 0 aliphatic rings. The van der Waals surface area contributed by atoms with Crippen molar-refractivity contribution in [2.45, 2.75) is 62.0 Å². The Balaban J connectivity index is 2.35. The third-order valence-electron chi connectivity index (χ3n) is 3.64. The summed E-state index contributed by atoms with van der Waals surface area (Å²) < 4.78 is 0.0416. The molecule has 24 heavy (non-hydrogen) atoms. The second-order valence-electron chi connectivity index (χ2n) is 7.14. The van der Waals surface area contributed by atoms with Gasteiger partial charge in [-0.15, -0.1) is 11.8 Å². The van der Waals surface area contributed by atoms with E-state index in [0.29, 0.717) is 0 Å². The first-order chi connectivity index (χ1) is 11.2. The number of pyridine rings is 1. The van der Waals surface area contributed by atoms with Crippen LogP contribution in [0.5, 0.6) is 0 Å².